The van der Waals surface area contributed by atoms with E-state index in [1.807, 2.05) is 17.2 Å². The quantitative estimate of drug-likeness (QED) is 0.902. The molecule has 0 spiro atoms. The summed E-state index contributed by atoms with van der Waals surface area (Å²) < 4.78 is 7.77. The summed E-state index contributed by atoms with van der Waals surface area (Å²) in [6.07, 6.45) is 6.08. The van der Waals surface area contributed by atoms with E-state index in [9.17, 15) is 4.79 Å². The Kier molecular flexibility index (Phi) is 5.43. The summed E-state index contributed by atoms with van der Waals surface area (Å²) in [4.78, 5) is 14.7. The maximum absolute atomic E-state index is 12.8. The number of carbonyl (C=O) groups excluding carboxylic acids is 1. The fraction of sp³-hybridized carbons (Fsp3) is 0.524. The maximum Gasteiger partial charge on any atom is 0.318 e. The summed E-state index contributed by atoms with van der Waals surface area (Å²) in [7, 11) is 0. The maximum atomic E-state index is 12.8. The number of fused-ring (bicyclic) bond motifs is 1. The van der Waals surface area contributed by atoms with Gasteiger partial charge in [0.05, 0.1) is 31.5 Å². The summed E-state index contributed by atoms with van der Waals surface area (Å²) in [6, 6.07) is 10.5. The summed E-state index contributed by atoms with van der Waals surface area (Å²) in [5.41, 5.74) is 3.67. The Morgan fingerprint density at radius 1 is 1.33 bits per heavy atom. The van der Waals surface area contributed by atoms with Crippen molar-refractivity contribution in [2.24, 2.45) is 0 Å². The third kappa shape index (κ3) is 4.00. The van der Waals surface area contributed by atoms with Gasteiger partial charge in [-0.2, -0.15) is 5.10 Å². The number of urea groups is 1. The van der Waals surface area contributed by atoms with Crippen LogP contribution in [-0.4, -0.2) is 46.5 Å². The zero-order chi connectivity index (χ0) is 18.6. The van der Waals surface area contributed by atoms with E-state index in [-0.39, 0.29) is 18.2 Å². The summed E-state index contributed by atoms with van der Waals surface area (Å²) in [5, 5.41) is 7.86. The van der Waals surface area contributed by atoms with Crippen molar-refractivity contribution in [3.05, 3.63) is 53.3 Å². The number of ether oxygens (including phenoxy) is 1. The first-order chi connectivity index (χ1) is 13.2. The molecule has 1 saturated heterocycles. The van der Waals surface area contributed by atoms with Gasteiger partial charge < -0.3 is 15.0 Å². The lowest BCUT2D eigenvalue weighted by atomic mass is 9.93. The van der Waals surface area contributed by atoms with E-state index in [0.29, 0.717) is 19.7 Å². The second kappa shape index (κ2) is 8.13. The van der Waals surface area contributed by atoms with E-state index in [0.717, 1.165) is 32.2 Å². The molecular formula is C21H28N4O2. The van der Waals surface area contributed by atoms with Gasteiger partial charge in [0.1, 0.15) is 0 Å². The molecule has 27 heavy (non-hydrogen) atoms. The Morgan fingerprint density at radius 3 is 3.00 bits per heavy atom. The number of nitrogens with one attached hydrogen (secondary N) is 1. The van der Waals surface area contributed by atoms with Gasteiger partial charge in [0.25, 0.3) is 0 Å². The molecule has 4 rings (SSSR count). The Balaban J connectivity index is 1.45. The molecule has 2 amide bonds. The number of morpholine rings is 1. The highest BCUT2D eigenvalue weighted by atomic mass is 16.5. The molecule has 1 fully saturated rings. The van der Waals surface area contributed by atoms with Crippen LogP contribution in [-0.2, 0) is 17.7 Å². The van der Waals surface area contributed by atoms with E-state index in [2.05, 4.69) is 46.3 Å². The molecule has 0 unspecified atom stereocenters. The zero-order valence-corrected chi connectivity index (χ0v) is 15.9. The normalized spacial score (nSPS) is 22.3. The standard InChI is InChI=1S/C21H28N4O2/c1-2-17-15-24(11-12-27-17)21(26)23-19-9-6-10-20-18(19)13-22-25(20)14-16-7-4-3-5-8-16/h3-5,7-8,13,17,19H,2,6,9-12,14-15H2,1H3,(H,23,26)/t17-,19+/m0/s1. The van der Waals surface area contributed by atoms with Crippen molar-refractivity contribution in [3.63, 3.8) is 0 Å². The molecule has 1 N–H and O–H groups in total. The van der Waals surface area contributed by atoms with Crippen molar-refractivity contribution < 1.29 is 9.53 Å². The van der Waals surface area contributed by atoms with Crippen LogP contribution in [0.3, 0.4) is 0 Å². The van der Waals surface area contributed by atoms with Crippen molar-refractivity contribution in [2.75, 3.05) is 19.7 Å². The predicted octanol–water partition coefficient (Wildman–Crippen LogP) is 3.13. The number of rotatable bonds is 4. The molecular weight excluding hydrogens is 340 g/mol. The molecule has 0 radical (unpaired) electrons. The number of carbonyl (C=O) groups is 1. The average Bonchev–Trinajstić information content (AvgIpc) is 3.12. The van der Waals surface area contributed by atoms with Gasteiger partial charge in [-0.1, -0.05) is 37.3 Å². The van der Waals surface area contributed by atoms with Gasteiger partial charge in [-0.05, 0) is 31.2 Å². The number of benzene rings is 1. The molecule has 1 aromatic carbocycles. The van der Waals surface area contributed by atoms with Gasteiger partial charge in [-0.3, -0.25) is 4.68 Å². The van der Waals surface area contributed by atoms with Crippen molar-refractivity contribution in [1.82, 2.24) is 20.0 Å². The second-order valence-electron chi connectivity index (χ2n) is 7.43. The molecule has 1 aromatic heterocycles. The van der Waals surface area contributed by atoms with Crippen molar-refractivity contribution in [3.8, 4) is 0 Å². The van der Waals surface area contributed by atoms with Crippen molar-refractivity contribution >= 4 is 6.03 Å². The number of nitrogens with zero attached hydrogens (tertiary/aromatic N) is 3. The monoisotopic (exact) mass is 368 g/mol. The van der Waals surface area contributed by atoms with Crippen molar-refractivity contribution in [1.29, 1.82) is 0 Å². The van der Waals surface area contributed by atoms with E-state index >= 15 is 0 Å². The zero-order valence-electron chi connectivity index (χ0n) is 15.9. The topological polar surface area (TPSA) is 59.4 Å². The van der Waals surface area contributed by atoms with Crippen LogP contribution < -0.4 is 5.32 Å². The van der Waals surface area contributed by atoms with Crippen LogP contribution in [0, 0.1) is 0 Å². The molecule has 6 heteroatoms. The lowest BCUT2D eigenvalue weighted by Crippen LogP contribution is -2.50. The SMILES string of the molecule is CC[C@H]1CN(C(=O)N[C@@H]2CCCc3c2cnn3Cc2ccccc2)CCO1. The molecule has 0 bridgehead atoms. The van der Waals surface area contributed by atoms with E-state index in [1.165, 1.54) is 16.8 Å². The highest BCUT2D eigenvalue weighted by Crippen LogP contribution is 2.30. The van der Waals surface area contributed by atoms with Gasteiger partial charge in [-0.15, -0.1) is 0 Å². The largest absolute Gasteiger partial charge is 0.375 e. The molecule has 2 aromatic rings. The molecule has 6 nitrogen and oxygen atoms in total. The minimum Gasteiger partial charge on any atom is -0.375 e. The number of amides is 2. The molecule has 2 atom stereocenters. The van der Waals surface area contributed by atoms with Crippen molar-refractivity contribution in [2.45, 2.75) is 51.3 Å². The van der Waals surface area contributed by atoms with E-state index in [4.69, 9.17) is 4.74 Å². The van der Waals surface area contributed by atoms with Gasteiger partial charge in [-0.25, -0.2) is 4.79 Å². The molecule has 144 valence electrons. The van der Waals surface area contributed by atoms with Crippen LogP contribution >= 0.6 is 0 Å². The van der Waals surface area contributed by atoms with Crippen LogP contribution in [0.1, 0.15) is 49.0 Å². The van der Waals surface area contributed by atoms with Gasteiger partial charge >= 0.3 is 6.03 Å². The van der Waals surface area contributed by atoms with Crippen LogP contribution in [0.5, 0.6) is 0 Å². The Morgan fingerprint density at radius 2 is 2.19 bits per heavy atom. The van der Waals surface area contributed by atoms with Gasteiger partial charge in [0, 0.05) is 24.3 Å². The first-order valence-corrected chi connectivity index (χ1v) is 10.00. The van der Waals surface area contributed by atoms with Crippen LogP contribution in [0.4, 0.5) is 4.79 Å². The van der Waals surface area contributed by atoms with Gasteiger partial charge in [0.2, 0.25) is 0 Å². The molecule has 0 saturated carbocycles. The lowest BCUT2D eigenvalue weighted by Gasteiger charge is -2.34. The van der Waals surface area contributed by atoms with Gasteiger partial charge in [0.15, 0.2) is 0 Å². The number of hydrogen-bond donors (Lipinski definition) is 1. The van der Waals surface area contributed by atoms with Crippen LogP contribution in [0.15, 0.2) is 36.5 Å². The van der Waals surface area contributed by atoms with E-state index < -0.39 is 0 Å². The molecule has 2 aliphatic rings. The Bertz CT molecular complexity index is 774. The number of aromatic nitrogens is 2. The predicted molar refractivity (Wildman–Crippen MR) is 104 cm³/mol. The fourth-order valence-corrected chi connectivity index (χ4v) is 4.05. The first-order valence-electron chi connectivity index (χ1n) is 10.00. The number of hydrogen-bond acceptors (Lipinski definition) is 3. The summed E-state index contributed by atoms with van der Waals surface area (Å²) in [6.45, 7) is 4.83. The molecule has 1 aliphatic heterocycles. The Hall–Kier alpha value is -2.34. The minimum absolute atomic E-state index is 0.0189. The lowest BCUT2D eigenvalue weighted by molar-refractivity contribution is -0.0157. The second-order valence-corrected chi connectivity index (χ2v) is 7.43. The van der Waals surface area contributed by atoms with Crippen LogP contribution in [0.25, 0.3) is 0 Å². The highest BCUT2D eigenvalue weighted by molar-refractivity contribution is 5.75. The first kappa shape index (κ1) is 18.0. The fourth-order valence-electron chi connectivity index (χ4n) is 4.05. The Labute approximate surface area is 160 Å². The smallest absolute Gasteiger partial charge is 0.318 e. The third-order valence-corrected chi connectivity index (χ3v) is 5.62. The van der Waals surface area contributed by atoms with E-state index in [1.54, 1.807) is 0 Å². The highest BCUT2D eigenvalue weighted by Gasteiger charge is 2.29. The third-order valence-electron chi connectivity index (χ3n) is 5.62. The minimum atomic E-state index is 0.0189. The molecule has 2 heterocycles. The summed E-state index contributed by atoms with van der Waals surface area (Å²) in [5.74, 6) is 0. The summed E-state index contributed by atoms with van der Waals surface area (Å²) >= 11 is 0. The average molecular weight is 368 g/mol. The molecule has 1 aliphatic carbocycles. The van der Waals surface area contributed by atoms with Crippen LogP contribution in [0.2, 0.25) is 0 Å².